The minimum Gasteiger partial charge on any atom is -0.465 e. The van der Waals surface area contributed by atoms with Gasteiger partial charge in [0.1, 0.15) is 0 Å². The standard InChI is InChI=1S/C16H13BrN2O3/c1-22-16(21)12-7-5-11(6-8-12)10-18-19-15(20)13-3-2-4-14(17)9-13/h2-10H,1H3,(H,19,20). The first-order chi connectivity index (χ1) is 10.6. The van der Waals surface area contributed by atoms with Crippen molar-refractivity contribution in [3.8, 4) is 0 Å². The van der Waals surface area contributed by atoms with E-state index in [0.717, 1.165) is 10.0 Å². The third-order valence-corrected chi connectivity index (χ3v) is 3.29. The van der Waals surface area contributed by atoms with Gasteiger partial charge in [-0.15, -0.1) is 0 Å². The molecule has 0 heterocycles. The van der Waals surface area contributed by atoms with Gasteiger partial charge in [-0.05, 0) is 35.9 Å². The number of rotatable bonds is 4. The summed E-state index contributed by atoms with van der Waals surface area (Å²) in [4.78, 5) is 23.2. The minimum absolute atomic E-state index is 0.302. The van der Waals surface area contributed by atoms with Gasteiger partial charge in [-0.3, -0.25) is 4.79 Å². The molecule has 0 aliphatic carbocycles. The predicted molar refractivity (Wildman–Crippen MR) is 87.0 cm³/mol. The van der Waals surface area contributed by atoms with E-state index >= 15 is 0 Å². The van der Waals surface area contributed by atoms with Crippen molar-refractivity contribution < 1.29 is 14.3 Å². The molecular weight excluding hydrogens is 348 g/mol. The Bertz CT molecular complexity index is 712. The molecule has 112 valence electrons. The van der Waals surface area contributed by atoms with Crippen LogP contribution < -0.4 is 5.43 Å². The fourth-order valence-electron chi connectivity index (χ4n) is 1.68. The number of carbonyl (C=O) groups excluding carboxylic acids is 2. The van der Waals surface area contributed by atoms with E-state index in [0.29, 0.717) is 11.1 Å². The van der Waals surface area contributed by atoms with E-state index in [1.54, 1.807) is 42.5 Å². The number of carbonyl (C=O) groups is 2. The summed E-state index contributed by atoms with van der Waals surface area (Å²) >= 11 is 3.30. The number of nitrogens with one attached hydrogen (secondary N) is 1. The topological polar surface area (TPSA) is 67.8 Å². The summed E-state index contributed by atoms with van der Waals surface area (Å²) in [5, 5.41) is 3.89. The van der Waals surface area contributed by atoms with E-state index < -0.39 is 5.97 Å². The fraction of sp³-hybridized carbons (Fsp3) is 0.0625. The van der Waals surface area contributed by atoms with Crippen molar-refractivity contribution in [2.75, 3.05) is 7.11 Å². The maximum atomic E-state index is 11.9. The van der Waals surface area contributed by atoms with Gasteiger partial charge in [0.05, 0.1) is 18.9 Å². The molecule has 0 unspecified atom stereocenters. The highest BCUT2D eigenvalue weighted by Gasteiger charge is 2.05. The Morgan fingerprint density at radius 1 is 1.14 bits per heavy atom. The summed E-state index contributed by atoms with van der Waals surface area (Å²) in [5.41, 5.74) is 4.16. The maximum absolute atomic E-state index is 11.9. The molecule has 0 aliphatic heterocycles. The summed E-state index contributed by atoms with van der Waals surface area (Å²) in [6.45, 7) is 0. The van der Waals surface area contributed by atoms with E-state index in [1.165, 1.54) is 13.3 Å². The number of benzene rings is 2. The van der Waals surface area contributed by atoms with E-state index in [2.05, 4.69) is 31.2 Å². The molecule has 0 aromatic heterocycles. The molecule has 0 spiro atoms. The van der Waals surface area contributed by atoms with Gasteiger partial charge in [0, 0.05) is 10.0 Å². The number of ether oxygens (including phenoxy) is 1. The van der Waals surface area contributed by atoms with Crippen LogP contribution in [0.25, 0.3) is 0 Å². The third kappa shape index (κ3) is 4.26. The zero-order valence-electron chi connectivity index (χ0n) is 11.7. The second-order valence-corrected chi connectivity index (χ2v) is 5.24. The van der Waals surface area contributed by atoms with Crippen LogP contribution in [0.4, 0.5) is 0 Å². The highest BCUT2D eigenvalue weighted by Crippen LogP contribution is 2.11. The number of methoxy groups -OCH3 is 1. The maximum Gasteiger partial charge on any atom is 0.337 e. The number of nitrogens with zero attached hydrogens (tertiary/aromatic N) is 1. The van der Waals surface area contributed by atoms with Crippen molar-refractivity contribution >= 4 is 34.0 Å². The third-order valence-electron chi connectivity index (χ3n) is 2.80. The van der Waals surface area contributed by atoms with E-state index in [-0.39, 0.29) is 5.91 Å². The molecule has 1 N–H and O–H groups in total. The molecule has 2 aromatic rings. The molecule has 0 bridgehead atoms. The molecule has 0 radical (unpaired) electrons. The average molecular weight is 361 g/mol. The molecule has 22 heavy (non-hydrogen) atoms. The number of hydrogen-bond donors (Lipinski definition) is 1. The lowest BCUT2D eigenvalue weighted by Gasteiger charge is -2.01. The van der Waals surface area contributed by atoms with Gasteiger partial charge in [0.2, 0.25) is 0 Å². The molecule has 0 atom stereocenters. The monoisotopic (exact) mass is 360 g/mol. The van der Waals surface area contributed by atoms with Crippen LogP contribution in [0.3, 0.4) is 0 Å². The van der Waals surface area contributed by atoms with Crippen LogP contribution in [0.15, 0.2) is 58.1 Å². The van der Waals surface area contributed by atoms with Crippen molar-refractivity contribution in [1.29, 1.82) is 0 Å². The molecule has 5 nitrogen and oxygen atoms in total. The molecule has 0 saturated carbocycles. The molecule has 6 heteroatoms. The number of amides is 1. The van der Waals surface area contributed by atoms with Gasteiger partial charge in [-0.1, -0.05) is 34.1 Å². The highest BCUT2D eigenvalue weighted by molar-refractivity contribution is 9.10. The lowest BCUT2D eigenvalue weighted by Crippen LogP contribution is -2.17. The molecule has 2 aromatic carbocycles. The van der Waals surface area contributed by atoms with E-state index in [9.17, 15) is 9.59 Å². The molecule has 0 fully saturated rings. The van der Waals surface area contributed by atoms with Crippen LogP contribution in [0.1, 0.15) is 26.3 Å². The van der Waals surface area contributed by atoms with Crippen molar-refractivity contribution in [2.24, 2.45) is 5.10 Å². The van der Waals surface area contributed by atoms with Crippen molar-refractivity contribution in [3.63, 3.8) is 0 Å². The van der Waals surface area contributed by atoms with Gasteiger partial charge in [-0.2, -0.15) is 5.10 Å². The second kappa shape index (κ2) is 7.51. The molecule has 0 aliphatic rings. The summed E-state index contributed by atoms with van der Waals surface area (Å²) in [5.74, 6) is -0.699. The van der Waals surface area contributed by atoms with Crippen LogP contribution in [0.5, 0.6) is 0 Å². The quantitative estimate of drug-likeness (QED) is 0.517. The minimum atomic E-state index is -0.397. The SMILES string of the molecule is COC(=O)c1ccc(C=NNC(=O)c2cccc(Br)c2)cc1. The van der Waals surface area contributed by atoms with Crippen LogP contribution in [-0.4, -0.2) is 25.2 Å². The molecule has 1 amide bonds. The summed E-state index contributed by atoms with van der Waals surface area (Å²) in [6, 6.07) is 13.7. The Hall–Kier alpha value is -2.47. The van der Waals surface area contributed by atoms with Crippen molar-refractivity contribution in [2.45, 2.75) is 0 Å². The van der Waals surface area contributed by atoms with Gasteiger partial charge in [0.15, 0.2) is 0 Å². The Balaban J connectivity index is 1.97. The number of halogens is 1. The number of hydrazone groups is 1. The highest BCUT2D eigenvalue weighted by atomic mass is 79.9. The second-order valence-electron chi connectivity index (χ2n) is 4.32. The van der Waals surface area contributed by atoms with Crippen molar-refractivity contribution in [3.05, 3.63) is 69.7 Å². The Morgan fingerprint density at radius 3 is 2.50 bits per heavy atom. The largest absolute Gasteiger partial charge is 0.465 e. The average Bonchev–Trinajstić information content (AvgIpc) is 2.54. The lowest BCUT2D eigenvalue weighted by atomic mass is 10.1. The van der Waals surface area contributed by atoms with Crippen LogP contribution in [0, 0.1) is 0 Å². The van der Waals surface area contributed by atoms with Crippen LogP contribution in [0.2, 0.25) is 0 Å². The molecule has 2 rings (SSSR count). The zero-order valence-corrected chi connectivity index (χ0v) is 13.3. The lowest BCUT2D eigenvalue weighted by molar-refractivity contribution is 0.0600. The van der Waals surface area contributed by atoms with Gasteiger partial charge >= 0.3 is 5.97 Å². The number of esters is 1. The first kappa shape index (κ1) is 15.9. The smallest absolute Gasteiger partial charge is 0.337 e. The number of hydrogen-bond acceptors (Lipinski definition) is 4. The Kier molecular flexibility index (Phi) is 5.43. The van der Waals surface area contributed by atoms with Crippen LogP contribution in [-0.2, 0) is 4.74 Å². The fourth-order valence-corrected chi connectivity index (χ4v) is 2.08. The van der Waals surface area contributed by atoms with Gasteiger partial charge in [0.25, 0.3) is 5.91 Å². The van der Waals surface area contributed by atoms with Crippen molar-refractivity contribution in [1.82, 2.24) is 5.43 Å². The predicted octanol–water partition coefficient (Wildman–Crippen LogP) is 3.00. The summed E-state index contributed by atoms with van der Waals surface area (Å²) < 4.78 is 5.44. The first-order valence-corrected chi connectivity index (χ1v) is 7.17. The molecular formula is C16H13BrN2O3. The van der Waals surface area contributed by atoms with Crippen LogP contribution >= 0.6 is 15.9 Å². The summed E-state index contributed by atoms with van der Waals surface area (Å²) in [7, 11) is 1.33. The van der Waals surface area contributed by atoms with Gasteiger partial charge in [-0.25, -0.2) is 10.2 Å². The Labute approximate surface area is 136 Å². The molecule has 0 saturated heterocycles. The zero-order chi connectivity index (χ0) is 15.9. The Morgan fingerprint density at radius 2 is 1.86 bits per heavy atom. The van der Waals surface area contributed by atoms with E-state index in [4.69, 9.17) is 0 Å². The normalized spacial score (nSPS) is 10.5. The first-order valence-electron chi connectivity index (χ1n) is 6.37. The summed E-state index contributed by atoms with van der Waals surface area (Å²) in [6.07, 6.45) is 1.50. The van der Waals surface area contributed by atoms with Gasteiger partial charge < -0.3 is 4.74 Å². The van der Waals surface area contributed by atoms with E-state index in [1.807, 2.05) is 6.07 Å².